The first-order valence-electron chi connectivity index (χ1n) is 2.94. The number of hydrogen-bond acceptors (Lipinski definition) is 3. The molecule has 0 spiro atoms. The van der Waals surface area contributed by atoms with Crippen LogP contribution in [-0.2, 0) is 14.3 Å². The summed E-state index contributed by atoms with van der Waals surface area (Å²) in [5.41, 5.74) is 1.28. The van der Waals surface area contributed by atoms with Crippen LogP contribution in [0.3, 0.4) is 0 Å². The Balaban J connectivity index is 3.29. The van der Waals surface area contributed by atoms with Gasteiger partial charge >= 0.3 is 5.97 Å². The summed E-state index contributed by atoms with van der Waals surface area (Å²) in [6, 6.07) is 0. The molecule has 0 aliphatic heterocycles. The predicted molar refractivity (Wildman–Crippen MR) is 42.1 cm³/mol. The van der Waals surface area contributed by atoms with Crippen molar-refractivity contribution in [3.8, 4) is 0 Å². The van der Waals surface area contributed by atoms with E-state index in [1.165, 1.54) is 17.9 Å². The standard InChI is InChI=1S/C7H9ClO3/c1-2-10-6-7(9)11-5-3-4-8/h2-4H,1,5-6H2. The van der Waals surface area contributed by atoms with Crippen LogP contribution in [-0.4, -0.2) is 19.2 Å². The fourth-order valence-electron chi connectivity index (χ4n) is 0.346. The number of carbonyl (C=O) groups is 1. The number of hydrogen-bond donors (Lipinski definition) is 0. The molecule has 0 aromatic heterocycles. The van der Waals surface area contributed by atoms with E-state index in [1.807, 2.05) is 0 Å². The van der Waals surface area contributed by atoms with Gasteiger partial charge in [-0.3, -0.25) is 0 Å². The monoisotopic (exact) mass is 176 g/mol. The highest BCUT2D eigenvalue weighted by molar-refractivity contribution is 6.25. The minimum atomic E-state index is -0.445. The number of rotatable bonds is 5. The fourth-order valence-corrected chi connectivity index (χ4v) is 0.419. The maximum Gasteiger partial charge on any atom is 0.344 e. The number of carbonyl (C=O) groups excluding carboxylic acids is 1. The highest BCUT2D eigenvalue weighted by Gasteiger charge is 1.98. The van der Waals surface area contributed by atoms with Crippen LogP contribution in [0.15, 0.2) is 24.5 Å². The molecule has 0 rings (SSSR count). The van der Waals surface area contributed by atoms with Crippen LogP contribution in [0.5, 0.6) is 0 Å². The highest BCUT2D eigenvalue weighted by atomic mass is 35.5. The lowest BCUT2D eigenvalue weighted by Crippen LogP contribution is -2.10. The van der Waals surface area contributed by atoms with Crippen LogP contribution in [0.25, 0.3) is 0 Å². The zero-order valence-electron chi connectivity index (χ0n) is 5.96. The molecule has 0 N–H and O–H groups in total. The zero-order valence-corrected chi connectivity index (χ0v) is 6.71. The van der Waals surface area contributed by atoms with E-state index in [2.05, 4.69) is 16.1 Å². The molecule has 0 saturated carbocycles. The van der Waals surface area contributed by atoms with Crippen LogP contribution in [0.4, 0.5) is 0 Å². The average molecular weight is 177 g/mol. The van der Waals surface area contributed by atoms with Gasteiger partial charge in [0.15, 0.2) is 6.61 Å². The lowest BCUT2D eigenvalue weighted by atomic mass is 10.6. The smallest absolute Gasteiger partial charge is 0.344 e. The SMILES string of the molecule is C=COCC(=O)OCC=CCl. The van der Waals surface area contributed by atoms with Gasteiger partial charge in [0.1, 0.15) is 6.61 Å². The predicted octanol–water partition coefficient (Wildman–Crippen LogP) is 1.44. The third kappa shape index (κ3) is 6.93. The minimum Gasteiger partial charge on any atom is -0.490 e. The van der Waals surface area contributed by atoms with Gasteiger partial charge in [-0.25, -0.2) is 4.79 Å². The van der Waals surface area contributed by atoms with E-state index in [1.54, 1.807) is 0 Å². The van der Waals surface area contributed by atoms with Crippen molar-refractivity contribution in [3.05, 3.63) is 24.5 Å². The molecule has 0 atom stereocenters. The summed E-state index contributed by atoms with van der Waals surface area (Å²) < 4.78 is 9.16. The second-order valence-corrected chi connectivity index (χ2v) is 1.77. The van der Waals surface area contributed by atoms with Crippen LogP contribution in [0.1, 0.15) is 0 Å². The van der Waals surface area contributed by atoms with Crippen molar-refractivity contribution in [2.75, 3.05) is 13.2 Å². The maximum absolute atomic E-state index is 10.6. The van der Waals surface area contributed by atoms with E-state index in [0.29, 0.717) is 0 Å². The summed E-state index contributed by atoms with van der Waals surface area (Å²) in [5.74, 6) is -0.445. The molecule has 0 aliphatic rings. The summed E-state index contributed by atoms with van der Waals surface area (Å²) in [4.78, 5) is 10.6. The Kier molecular flexibility index (Phi) is 6.53. The van der Waals surface area contributed by atoms with Gasteiger partial charge in [-0.15, -0.1) is 0 Å². The second-order valence-electron chi connectivity index (χ2n) is 1.52. The largest absolute Gasteiger partial charge is 0.490 e. The molecular weight excluding hydrogens is 168 g/mol. The lowest BCUT2D eigenvalue weighted by molar-refractivity contribution is -0.145. The quantitative estimate of drug-likeness (QED) is 0.470. The van der Waals surface area contributed by atoms with Gasteiger partial charge in [0.2, 0.25) is 0 Å². The van der Waals surface area contributed by atoms with Gasteiger partial charge in [-0.05, 0) is 6.08 Å². The Labute approximate surface area is 70.2 Å². The zero-order chi connectivity index (χ0) is 8.53. The van der Waals surface area contributed by atoms with Crippen LogP contribution >= 0.6 is 11.6 Å². The van der Waals surface area contributed by atoms with Crippen molar-refractivity contribution in [1.29, 1.82) is 0 Å². The summed E-state index contributed by atoms with van der Waals surface area (Å²) in [6.45, 7) is 3.32. The Morgan fingerprint density at radius 1 is 1.64 bits per heavy atom. The number of ether oxygens (including phenoxy) is 2. The third-order valence-electron chi connectivity index (χ3n) is 0.749. The molecule has 0 unspecified atom stereocenters. The molecule has 0 aromatic carbocycles. The van der Waals surface area contributed by atoms with E-state index in [0.717, 1.165) is 0 Å². The summed E-state index contributed by atoms with van der Waals surface area (Å²) in [5, 5.41) is 0. The first kappa shape index (κ1) is 10.0. The van der Waals surface area contributed by atoms with Gasteiger partial charge in [0.25, 0.3) is 0 Å². The van der Waals surface area contributed by atoms with Crippen molar-refractivity contribution in [1.82, 2.24) is 0 Å². The highest BCUT2D eigenvalue weighted by Crippen LogP contribution is 1.84. The maximum atomic E-state index is 10.6. The third-order valence-corrected chi connectivity index (χ3v) is 0.927. The molecule has 11 heavy (non-hydrogen) atoms. The van der Waals surface area contributed by atoms with E-state index in [-0.39, 0.29) is 13.2 Å². The molecule has 0 amide bonds. The minimum absolute atomic E-state index is 0.111. The fraction of sp³-hybridized carbons (Fsp3) is 0.286. The molecule has 0 aromatic rings. The topological polar surface area (TPSA) is 35.5 Å². The summed E-state index contributed by atoms with van der Waals surface area (Å²) in [6.07, 6.45) is 2.69. The van der Waals surface area contributed by atoms with Crippen LogP contribution in [0, 0.1) is 0 Å². The van der Waals surface area contributed by atoms with Gasteiger partial charge in [0.05, 0.1) is 6.26 Å². The van der Waals surface area contributed by atoms with E-state index >= 15 is 0 Å². The normalized spacial score (nSPS) is 9.55. The molecule has 3 nitrogen and oxygen atoms in total. The van der Waals surface area contributed by atoms with Gasteiger partial charge in [-0.1, -0.05) is 18.2 Å². The van der Waals surface area contributed by atoms with Crippen LogP contribution < -0.4 is 0 Å². The lowest BCUT2D eigenvalue weighted by Gasteiger charge is -1.99. The molecule has 0 bridgehead atoms. The summed E-state index contributed by atoms with van der Waals surface area (Å²) >= 11 is 5.17. The van der Waals surface area contributed by atoms with Crippen molar-refractivity contribution < 1.29 is 14.3 Å². The van der Waals surface area contributed by atoms with Crippen LogP contribution in [0.2, 0.25) is 0 Å². The molecule has 4 heteroatoms. The van der Waals surface area contributed by atoms with E-state index in [4.69, 9.17) is 11.6 Å². The Morgan fingerprint density at radius 3 is 2.91 bits per heavy atom. The number of esters is 1. The average Bonchev–Trinajstić information content (AvgIpc) is 2.01. The molecule has 0 fully saturated rings. The van der Waals surface area contributed by atoms with Gasteiger partial charge in [-0.2, -0.15) is 0 Å². The number of halogens is 1. The molecule has 0 heterocycles. The van der Waals surface area contributed by atoms with E-state index < -0.39 is 5.97 Å². The Morgan fingerprint density at radius 2 is 2.36 bits per heavy atom. The summed E-state index contributed by atoms with van der Waals surface area (Å²) in [7, 11) is 0. The molecule has 0 aliphatic carbocycles. The first-order chi connectivity index (χ1) is 5.31. The molecule has 0 saturated heterocycles. The van der Waals surface area contributed by atoms with Gasteiger partial charge < -0.3 is 9.47 Å². The van der Waals surface area contributed by atoms with Crippen molar-refractivity contribution in [2.45, 2.75) is 0 Å². The van der Waals surface area contributed by atoms with Crippen molar-refractivity contribution in [3.63, 3.8) is 0 Å². The van der Waals surface area contributed by atoms with E-state index in [9.17, 15) is 4.79 Å². The first-order valence-corrected chi connectivity index (χ1v) is 3.38. The Bertz CT molecular complexity index is 154. The second kappa shape index (κ2) is 7.15. The molecule has 0 radical (unpaired) electrons. The van der Waals surface area contributed by atoms with Crippen molar-refractivity contribution in [2.24, 2.45) is 0 Å². The van der Waals surface area contributed by atoms with Crippen molar-refractivity contribution >= 4 is 17.6 Å². The Hall–Kier alpha value is -0.960. The molecular formula is C7H9ClO3. The molecule has 62 valence electrons. The van der Waals surface area contributed by atoms with Gasteiger partial charge in [0, 0.05) is 5.54 Å².